The fraction of sp³-hybridized carbons (Fsp3) is 0.625. The van der Waals surface area contributed by atoms with Crippen LogP contribution in [0.2, 0.25) is 0 Å². The average molecular weight is 313 g/mol. The minimum absolute atomic E-state index is 0.351. The van der Waals surface area contributed by atoms with Crippen LogP contribution in [0, 0.1) is 5.92 Å². The van der Waals surface area contributed by atoms with E-state index in [1.807, 2.05) is 12.1 Å². The van der Waals surface area contributed by atoms with E-state index in [1.54, 1.807) is 12.1 Å². The van der Waals surface area contributed by atoms with Gasteiger partial charge in [0.1, 0.15) is 5.75 Å². The monoisotopic (exact) mass is 313 g/mol. The second-order valence-electron chi connectivity index (χ2n) is 5.73. The molecule has 0 saturated heterocycles. The van der Waals surface area contributed by atoms with Crippen LogP contribution >= 0.6 is 0 Å². The Kier molecular flexibility index (Phi) is 7.75. The van der Waals surface area contributed by atoms with E-state index in [-0.39, 0.29) is 0 Å². The summed E-state index contributed by atoms with van der Waals surface area (Å²) in [5, 5.41) is 0. The number of rotatable bonds is 10. The van der Waals surface area contributed by atoms with E-state index < -0.39 is 10.3 Å². The molecule has 0 aromatic heterocycles. The predicted molar refractivity (Wildman–Crippen MR) is 86.7 cm³/mol. The maximum Gasteiger partial charge on any atom is 0.382 e. The molecule has 1 rings (SSSR count). The summed E-state index contributed by atoms with van der Waals surface area (Å²) in [6.07, 6.45) is 5.10. The Morgan fingerprint density at radius 1 is 1.10 bits per heavy atom. The molecule has 1 N–H and O–H groups in total. The third-order valence-corrected chi connectivity index (χ3v) is 4.05. The second kappa shape index (κ2) is 9.05. The molecule has 120 valence electrons. The summed E-state index contributed by atoms with van der Waals surface area (Å²) in [5.41, 5.74) is 1.18. The largest absolute Gasteiger partial charge is 0.382 e. The molecule has 0 radical (unpaired) electrons. The summed E-state index contributed by atoms with van der Waals surface area (Å²) in [5.74, 6) is 0.925. The molecule has 0 aliphatic carbocycles. The second-order valence-corrected chi connectivity index (χ2v) is 7.10. The average Bonchev–Trinajstić information content (AvgIpc) is 2.40. The summed E-state index contributed by atoms with van der Waals surface area (Å²) in [6, 6.07) is 7.22. The van der Waals surface area contributed by atoms with Crippen molar-refractivity contribution in [2.45, 2.75) is 52.9 Å². The van der Waals surface area contributed by atoms with Crippen LogP contribution in [0.3, 0.4) is 0 Å². The Morgan fingerprint density at radius 2 is 1.76 bits per heavy atom. The lowest BCUT2D eigenvalue weighted by Crippen LogP contribution is -2.29. The molecule has 0 atom stereocenters. The van der Waals surface area contributed by atoms with Crippen LogP contribution in [0.25, 0.3) is 0 Å². The first-order valence-corrected chi connectivity index (χ1v) is 9.12. The van der Waals surface area contributed by atoms with Gasteiger partial charge in [-0.3, -0.25) is 0 Å². The van der Waals surface area contributed by atoms with Crippen molar-refractivity contribution in [3.8, 4) is 5.75 Å². The predicted octanol–water partition coefficient (Wildman–Crippen LogP) is 3.68. The lowest BCUT2D eigenvalue weighted by molar-refractivity contribution is 0.468. The SMILES string of the molecule is CCCCCCNS(=O)(=O)Oc1ccc(CC(C)C)cc1. The Bertz CT molecular complexity index is 495. The van der Waals surface area contributed by atoms with E-state index in [0.29, 0.717) is 18.2 Å². The summed E-state index contributed by atoms with van der Waals surface area (Å²) in [4.78, 5) is 0. The molecule has 0 bridgehead atoms. The summed E-state index contributed by atoms with van der Waals surface area (Å²) in [6.45, 7) is 6.85. The van der Waals surface area contributed by atoms with Gasteiger partial charge in [0.05, 0.1) is 0 Å². The molecule has 5 heteroatoms. The van der Waals surface area contributed by atoms with E-state index in [4.69, 9.17) is 4.18 Å². The van der Waals surface area contributed by atoms with Gasteiger partial charge in [-0.15, -0.1) is 0 Å². The van der Waals surface area contributed by atoms with Crippen molar-refractivity contribution >= 4 is 10.3 Å². The van der Waals surface area contributed by atoms with Crippen molar-refractivity contribution in [3.05, 3.63) is 29.8 Å². The van der Waals surface area contributed by atoms with E-state index >= 15 is 0 Å². The highest BCUT2D eigenvalue weighted by Gasteiger charge is 2.11. The van der Waals surface area contributed by atoms with Crippen LogP contribution in [0.1, 0.15) is 52.0 Å². The van der Waals surface area contributed by atoms with Crippen molar-refractivity contribution < 1.29 is 12.6 Å². The van der Waals surface area contributed by atoms with E-state index in [9.17, 15) is 8.42 Å². The van der Waals surface area contributed by atoms with Gasteiger partial charge < -0.3 is 4.18 Å². The molecular formula is C16H27NO3S. The number of unbranched alkanes of at least 4 members (excludes halogenated alkanes) is 3. The van der Waals surface area contributed by atoms with E-state index in [0.717, 1.165) is 32.1 Å². The zero-order valence-electron chi connectivity index (χ0n) is 13.3. The number of benzene rings is 1. The Hall–Kier alpha value is -1.07. The number of hydrogen-bond donors (Lipinski definition) is 1. The Balaban J connectivity index is 2.43. The molecule has 0 aliphatic heterocycles. The summed E-state index contributed by atoms with van der Waals surface area (Å²) in [7, 11) is -3.71. The zero-order valence-corrected chi connectivity index (χ0v) is 14.1. The Morgan fingerprint density at radius 3 is 2.33 bits per heavy atom. The lowest BCUT2D eigenvalue weighted by Gasteiger charge is -2.09. The highest BCUT2D eigenvalue weighted by Crippen LogP contribution is 2.16. The summed E-state index contributed by atoms with van der Waals surface area (Å²) < 4.78 is 31.0. The third-order valence-electron chi connectivity index (χ3n) is 3.08. The normalized spacial score (nSPS) is 11.8. The first kappa shape index (κ1) is 18.0. The highest BCUT2D eigenvalue weighted by atomic mass is 32.2. The van der Waals surface area contributed by atoms with Crippen molar-refractivity contribution in [1.82, 2.24) is 4.72 Å². The topological polar surface area (TPSA) is 55.4 Å². The summed E-state index contributed by atoms with van der Waals surface area (Å²) >= 11 is 0. The van der Waals surface area contributed by atoms with Gasteiger partial charge in [0.15, 0.2) is 0 Å². The molecule has 0 unspecified atom stereocenters. The standard InChI is InChI=1S/C16H27NO3S/c1-4-5-6-7-12-17-21(18,19)20-16-10-8-15(9-11-16)13-14(2)3/h8-11,14,17H,4-7,12-13H2,1-3H3. The van der Waals surface area contributed by atoms with E-state index in [1.165, 1.54) is 5.56 Å². The Labute approximate surface area is 129 Å². The fourth-order valence-corrected chi connectivity index (χ4v) is 2.88. The molecule has 0 spiro atoms. The van der Waals surface area contributed by atoms with Gasteiger partial charge in [0, 0.05) is 6.54 Å². The molecule has 1 aromatic carbocycles. The van der Waals surface area contributed by atoms with Crippen molar-refractivity contribution in [3.63, 3.8) is 0 Å². The molecule has 21 heavy (non-hydrogen) atoms. The lowest BCUT2D eigenvalue weighted by atomic mass is 10.0. The molecule has 0 heterocycles. The molecular weight excluding hydrogens is 286 g/mol. The van der Waals surface area contributed by atoms with Crippen LogP contribution in [0.4, 0.5) is 0 Å². The van der Waals surface area contributed by atoms with Gasteiger partial charge in [-0.2, -0.15) is 13.1 Å². The van der Waals surface area contributed by atoms with Crippen LogP contribution in [-0.4, -0.2) is 15.0 Å². The maximum atomic E-state index is 11.8. The highest BCUT2D eigenvalue weighted by molar-refractivity contribution is 7.85. The van der Waals surface area contributed by atoms with Gasteiger partial charge in [-0.05, 0) is 36.5 Å². The molecule has 0 aliphatic rings. The van der Waals surface area contributed by atoms with Gasteiger partial charge >= 0.3 is 10.3 Å². The van der Waals surface area contributed by atoms with Crippen LogP contribution < -0.4 is 8.91 Å². The van der Waals surface area contributed by atoms with Crippen LogP contribution in [-0.2, 0) is 16.7 Å². The van der Waals surface area contributed by atoms with Gasteiger partial charge in [0.2, 0.25) is 0 Å². The smallest absolute Gasteiger partial charge is 0.371 e. The first-order chi connectivity index (χ1) is 9.93. The van der Waals surface area contributed by atoms with Crippen LogP contribution in [0.15, 0.2) is 24.3 Å². The van der Waals surface area contributed by atoms with Gasteiger partial charge in [-0.25, -0.2) is 0 Å². The molecule has 0 fully saturated rings. The minimum atomic E-state index is -3.71. The van der Waals surface area contributed by atoms with Crippen LogP contribution in [0.5, 0.6) is 5.75 Å². The van der Waals surface area contributed by atoms with E-state index in [2.05, 4.69) is 25.5 Å². The van der Waals surface area contributed by atoms with Gasteiger partial charge in [0.25, 0.3) is 0 Å². The van der Waals surface area contributed by atoms with Crippen molar-refractivity contribution in [2.24, 2.45) is 5.92 Å². The fourth-order valence-electron chi connectivity index (χ4n) is 2.06. The molecule has 0 amide bonds. The molecule has 4 nitrogen and oxygen atoms in total. The zero-order chi connectivity index (χ0) is 15.7. The first-order valence-electron chi connectivity index (χ1n) is 7.71. The van der Waals surface area contributed by atoms with Crippen molar-refractivity contribution in [2.75, 3.05) is 6.54 Å². The minimum Gasteiger partial charge on any atom is -0.371 e. The number of hydrogen-bond acceptors (Lipinski definition) is 3. The maximum absolute atomic E-state index is 11.8. The quantitative estimate of drug-likeness (QED) is 0.670. The van der Waals surface area contributed by atoms with Crippen molar-refractivity contribution in [1.29, 1.82) is 0 Å². The number of nitrogens with one attached hydrogen (secondary N) is 1. The van der Waals surface area contributed by atoms with Gasteiger partial charge in [-0.1, -0.05) is 52.2 Å². The molecule has 1 aromatic rings. The third kappa shape index (κ3) is 8.07. The molecule has 0 saturated carbocycles.